The summed E-state index contributed by atoms with van der Waals surface area (Å²) in [6.45, 7) is 6.03. The standard InChI is InChI=1S/C19H29N/c1-19(2)12-6-10-17(13-19)20-14-16-9-5-8-15-7-3-4-11-18(15)16/h3-4,7,11,16-17,20H,5-6,8-10,12-14H2,1-2H3. The predicted octanol–water partition coefficient (Wildman–Crippen LogP) is 4.66. The van der Waals surface area contributed by atoms with Crippen molar-refractivity contribution >= 4 is 0 Å². The molecule has 110 valence electrons. The average Bonchev–Trinajstić information content (AvgIpc) is 2.44. The number of nitrogens with one attached hydrogen (secondary N) is 1. The molecule has 1 fully saturated rings. The molecule has 1 N–H and O–H groups in total. The van der Waals surface area contributed by atoms with E-state index in [1.54, 1.807) is 11.1 Å². The molecule has 0 amide bonds. The van der Waals surface area contributed by atoms with Crippen molar-refractivity contribution in [3.63, 3.8) is 0 Å². The lowest BCUT2D eigenvalue weighted by atomic mass is 9.75. The van der Waals surface area contributed by atoms with Crippen LogP contribution in [0, 0.1) is 5.41 Å². The molecule has 1 aromatic rings. The Balaban J connectivity index is 1.59. The molecule has 1 heteroatoms. The second-order valence-electron chi connectivity index (χ2n) is 7.65. The van der Waals surface area contributed by atoms with Crippen LogP contribution in [-0.2, 0) is 6.42 Å². The summed E-state index contributed by atoms with van der Waals surface area (Å²) in [5.74, 6) is 0.741. The van der Waals surface area contributed by atoms with Gasteiger partial charge in [-0.15, -0.1) is 0 Å². The van der Waals surface area contributed by atoms with Gasteiger partial charge in [-0.25, -0.2) is 0 Å². The lowest BCUT2D eigenvalue weighted by Crippen LogP contribution is -2.39. The van der Waals surface area contributed by atoms with Gasteiger partial charge in [-0.3, -0.25) is 0 Å². The van der Waals surface area contributed by atoms with Crippen molar-refractivity contribution in [3.05, 3.63) is 35.4 Å². The molecule has 3 rings (SSSR count). The molecule has 0 aromatic heterocycles. The highest BCUT2D eigenvalue weighted by Crippen LogP contribution is 2.36. The predicted molar refractivity (Wildman–Crippen MR) is 86.2 cm³/mol. The van der Waals surface area contributed by atoms with Gasteiger partial charge in [0, 0.05) is 12.6 Å². The van der Waals surface area contributed by atoms with Gasteiger partial charge in [0.2, 0.25) is 0 Å². The van der Waals surface area contributed by atoms with Crippen LogP contribution in [0.1, 0.15) is 69.4 Å². The molecule has 2 aliphatic carbocycles. The number of benzene rings is 1. The van der Waals surface area contributed by atoms with E-state index < -0.39 is 0 Å². The van der Waals surface area contributed by atoms with Crippen molar-refractivity contribution in [1.82, 2.24) is 5.32 Å². The van der Waals surface area contributed by atoms with E-state index in [0.717, 1.165) is 12.0 Å². The monoisotopic (exact) mass is 271 g/mol. The van der Waals surface area contributed by atoms with E-state index in [4.69, 9.17) is 0 Å². The third kappa shape index (κ3) is 3.25. The van der Waals surface area contributed by atoms with Crippen molar-refractivity contribution in [1.29, 1.82) is 0 Å². The Bertz CT molecular complexity index is 449. The van der Waals surface area contributed by atoms with Crippen LogP contribution in [0.4, 0.5) is 0 Å². The average molecular weight is 271 g/mol. The number of hydrogen-bond acceptors (Lipinski definition) is 1. The topological polar surface area (TPSA) is 12.0 Å². The van der Waals surface area contributed by atoms with E-state index in [9.17, 15) is 0 Å². The van der Waals surface area contributed by atoms with Crippen LogP contribution in [0.15, 0.2) is 24.3 Å². The second kappa shape index (κ2) is 5.89. The Labute approximate surface area is 124 Å². The summed E-state index contributed by atoms with van der Waals surface area (Å²) in [5, 5.41) is 3.89. The quantitative estimate of drug-likeness (QED) is 0.842. The molecule has 0 spiro atoms. The summed E-state index contributed by atoms with van der Waals surface area (Å²) in [5.41, 5.74) is 3.75. The molecule has 0 aliphatic heterocycles. The summed E-state index contributed by atoms with van der Waals surface area (Å²) < 4.78 is 0. The van der Waals surface area contributed by atoms with Gasteiger partial charge in [0.25, 0.3) is 0 Å². The number of rotatable bonds is 3. The van der Waals surface area contributed by atoms with Crippen LogP contribution in [0.5, 0.6) is 0 Å². The van der Waals surface area contributed by atoms with Crippen molar-refractivity contribution in [3.8, 4) is 0 Å². The summed E-state index contributed by atoms with van der Waals surface area (Å²) in [6, 6.07) is 9.82. The summed E-state index contributed by atoms with van der Waals surface area (Å²) >= 11 is 0. The van der Waals surface area contributed by atoms with Gasteiger partial charge >= 0.3 is 0 Å². The summed E-state index contributed by atoms with van der Waals surface area (Å²) in [4.78, 5) is 0. The van der Waals surface area contributed by atoms with Gasteiger partial charge in [0.15, 0.2) is 0 Å². The molecule has 0 radical (unpaired) electrons. The van der Waals surface area contributed by atoms with Crippen molar-refractivity contribution in [2.24, 2.45) is 5.41 Å². The van der Waals surface area contributed by atoms with E-state index in [1.165, 1.54) is 51.5 Å². The van der Waals surface area contributed by atoms with E-state index in [2.05, 4.69) is 43.4 Å². The van der Waals surface area contributed by atoms with Crippen LogP contribution < -0.4 is 5.32 Å². The van der Waals surface area contributed by atoms with E-state index >= 15 is 0 Å². The Morgan fingerprint density at radius 2 is 2.00 bits per heavy atom. The summed E-state index contributed by atoms with van der Waals surface area (Å²) in [6.07, 6.45) is 9.52. The molecule has 1 aromatic carbocycles. The molecule has 1 saturated carbocycles. The Kier molecular flexibility index (Phi) is 4.16. The largest absolute Gasteiger partial charge is 0.313 e. The first-order valence-corrected chi connectivity index (χ1v) is 8.45. The third-order valence-electron chi connectivity index (χ3n) is 5.35. The highest BCUT2D eigenvalue weighted by atomic mass is 14.9. The minimum Gasteiger partial charge on any atom is -0.313 e. The molecular weight excluding hydrogens is 242 g/mol. The fraction of sp³-hybridized carbons (Fsp3) is 0.684. The number of aryl methyl sites for hydroxylation is 1. The van der Waals surface area contributed by atoms with Gasteiger partial charge in [0.1, 0.15) is 0 Å². The van der Waals surface area contributed by atoms with Gasteiger partial charge in [0.05, 0.1) is 0 Å². The molecule has 20 heavy (non-hydrogen) atoms. The fourth-order valence-electron chi connectivity index (χ4n) is 4.25. The first-order chi connectivity index (χ1) is 9.64. The van der Waals surface area contributed by atoms with Crippen molar-refractivity contribution < 1.29 is 0 Å². The molecule has 0 bridgehead atoms. The zero-order valence-corrected chi connectivity index (χ0v) is 13.1. The maximum Gasteiger partial charge on any atom is 0.00723 e. The van der Waals surface area contributed by atoms with Gasteiger partial charge < -0.3 is 5.32 Å². The minimum atomic E-state index is 0.542. The van der Waals surface area contributed by atoms with E-state index in [0.29, 0.717) is 5.41 Å². The van der Waals surface area contributed by atoms with Crippen molar-refractivity contribution in [2.45, 2.75) is 70.8 Å². The van der Waals surface area contributed by atoms with Crippen LogP contribution in [0.25, 0.3) is 0 Å². The molecule has 1 nitrogen and oxygen atoms in total. The zero-order valence-electron chi connectivity index (χ0n) is 13.1. The fourth-order valence-corrected chi connectivity index (χ4v) is 4.25. The minimum absolute atomic E-state index is 0.542. The SMILES string of the molecule is CC1(C)CCCC(NCC2CCCc3ccccc32)C1. The van der Waals surface area contributed by atoms with Gasteiger partial charge in [-0.05, 0) is 61.0 Å². The highest BCUT2D eigenvalue weighted by molar-refractivity contribution is 5.32. The van der Waals surface area contributed by atoms with Crippen LogP contribution in [-0.4, -0.2) is 12.6 Å². The third-order valence-corrected chi connectivity index (χ3v) is 5.35. The molecule has 2 atom stereocenters. The Morgan fingerprint density at radius 3 is 2.85 bits per heavy atom. The lowest BCUT2D eigenvalue weighted by Gasteiger charge is -2.37. The van der Waals surface area contributed by atoms with Gasteiger partial charge in [-0.2, -0.15) is 0 Å². The van der Waals surface area contributed by atoms with Crippen LogP contribution in [0.3, 0.4) is 0 Å². The normalized spacial score (nSPS) is 28.9. The second-order valence-corrected chi connectivity index (χ2v) is 7.65. The maximum atomic E-state index is 3.89. The number of fused-ring (bicyclic) bond motifs is 1. The molecule has 2 unspecified atom stereocenters. The van der Waals surface area contributed by atoms with Crippen LogP contribution in [0.2, 0.25) is 0 Å². The molecule has 2 aliphatic rings. The smallest absolute Gasteiger partial charge is 0.00723 e. The first kappa shape index (κ1) is 14.1. The molecular formula is C19H29N. The van der Waals surface area contributed by atoms with E-state index in [-0.39, 0.29) is 0 Å². The first-order valence-electron chi connectivity index (χ1n) is 8.45. The molecule has 0 saturated heterocycles. The zero-order chi connectivity index (χ0) is 14.0. The van der Waals surface area contributed by atoms with E-state index in [1.807, 2.05) is 0 Å². The highest BCUT2D eigenvalue weighted by Gasteiger charge is 2.28. The van der Waals surface area contributed by atoms with Gasteiger partial charge in [-0.1, -0.05) is 44.5 Å². The lowest BCUT2D eigenvalue weighted by molar-refractivity contribution is 0.196. The number of hydrogen-bond donors (Lipinski definition) is 1. The Hall–Kier alpha value is -0.820. The molecule has 0 heterocycles. The maximum absolute atomic E-state index is 3.89. The van der Waals surface area contributed by atoms with Crippen molar-refractivity contribution in [2.75, 3.05) is 6.54 Å². The van der Waals surface area contributed by atoms with Crippen LogP contribution >= 0.6 is 0 Å². The summed E-state index contributed by atoms with van der Waals surface area (Å²) in [7, 11) is 0. The Morgan fingerprint density at radius 1 is 1.15 bits per heavy atom.